The molecule has 2 nitrogen and oxygen atoms in total. The maximum absolute atomic E-state index is 3.57. The Kier molecular flexibility index (Phi) is 3.91. The van der Waals surface area contributed by atoms with Gasteiger partial charge in [-0.25, -0.2) is 0 Å². The lowest BCUT2D eigenvalue weighted by molar-refractivity contribution is -0.00176. The van der Waals surface area contributed by atoms with Crippen LogP contribution in [0, 0.1) is 0 Å². The molecule has 1 aliphatic carbocycles. The van der Waals surface area contributed by atoms with Crippen molar-refractivity contribution < 1.29 is 0 Å². The molecule has 1 N–H and O–H groups in total. The fourth-order valence-electron chi connectivity index (χ4n) is 3.76. The molecule has 1 aliphatic heterocycles. The van der Waals surface area contributed by atoms with Crippen LogP contribution in [0.25, 0.3) is 0 Å². The third-order valence-corrected chi connectivity index (χ3v) is 4.39. The second-order valence-electron chi connectivity index (χ2n) is 6.35. The highest BCUT2D eigenvalue weighted by Gasteiger charge is 2.38. The normalized spacial score (nSPS) is 33.6. The topological polar surface area (TPSA) is 15.3 Å². The van der Waals surface area contributed by atoms with Crippen LogP contribution >= 0.6 is 0 Å². The van der Waals surface area contributed by atoms with Crippen molar-refractivity contribution in [2.75, 3.05) is 13.1 Å². The van der Waals surface area contributed by atoms with Crippen LogP contribution in [0.4, 0.5) is 0 Å². The summed E-state index contributed by atoms with van der Waals surface area (Å²) in [5.41, 5.74) is 0.340. The van der Waals surface area contributed by atoms with Crippen LogP contribution in [0.5, 0.6) is 0 Å². The number of hydrogen-bond acceptors (Lipinski definition) is 2. The largest absolute Gasteiger partial charge is 0.313 e. The molecule has 0 amide bonds. The summed E-state index contributed by atoms with van der Waals surface area (Å²) in [7, 11) is 0. The van der Waals surface area contributed by atoms with Gasteiger partial charge in [0.05, 0.1) is 0 Å². The van der Waals surface area contributed by atoms with E-state index in [1.807, 2.05) is 0 Å². The van der Waals surface area contributed by atoms with Crippen molar-refractivity contribution in [3.8, 4) is 0 Å². The number of rotatable bonds is 1. The number of piperazine rings is 1. The molecule has 16 heavy (non-hydrogen) atoms. The van der Waals surface area contributed by atoms with Gasteiger partial charge < -0.3 is 5.32 Å². The fourth-order valence-corrected chi connectivity index (χ4v) is 3.76. The Morgan fingerprint density at radius 2 is 1.69 bits per heavy atom. The van der Waals surface area contributed by atoms with E-state index in [0.29, 0.717) is 11.6 Å². The highest BCUT2D eigenvalue weighted by atomic mass is 15.3. The summed E-state index contributed by atoms with van der Waals surface area (Å²) in [6.07, 6.45) is 8.64. The van der Waals surface area contributed by atoms with E-state index in [2.05, 4.69) is 31.0 Å². The molecule has 0 radical (unpaired) electrons. The van der Waals surface area contributed by atoms with Crippen LogP contribution in [0.1, 0.15) is 59.3 Å². The molecule has 0 bridgehead atoms. The molecular weight excluding hydrogens is 196 g/mol. The Hall–Kier alpha value is -0.0800. The van der Waals surface area contributed by atoms with E-state index in [1.54, 1.807) is 0 Å². The summed E-state index contributed by atoms with van der Waals surface area (Å²) in [6, 6.07) is 1.54. The first kappa shape index (κ1) is 12.4. The second kappa shape index (κ2) is 5.05. The van der Waals surface area contributed by atoms with Gasteiger partial charge in [-0.05, 0) is 33.6 Å². The minimum atomic E-state index is 0.340. The molecule has 0 aromatic rings. The van der Waals surface area contributed by atoms with E-state index in [4.69, 9.17) is 0 Å². The van der Waals surface area contributed by atoms with Crippen LogP contribution in [0.15, 0.2) is 0 Å². The lowest BCUT2D eigenvalue weighted by Gasteiger charge is -2.51. The molecule has 1 unspecified atom stereocenters. The average Bonchev–Trinajstić information content (AvgIpc) is 2.45. The lowest BCUT2D eigenvalue weighted by atomic mass is 9.91. The molecule has 1 heterocycles. The minimum Gasteiger partial charge on any atom is -0.313 e. The third-order valence-electron chi connectivity index (χ3n) is 4.39. The summed E-state index contributed by atoms with van der Waals surface area (Å²) >= 11 is 0. The van der Waals surface area contributed by atoms with Crippen LogP contribution < -0.4 is 5.32 Å². The summed E-state index contributed by atoms with van der Waals surface area (Å²) in [4.78, 5) is 2.81. The van der Waals surface area contributed by atoms with Gasteiger partial charge in [-0.3, -0.25) is 4.90 Å². The second-order valence-corrected chi connectivity index (χ2v) is 6.35. The van der Waals surface area contributed by atoms with Crippen LogP contribution in [0.2, 0.25) is 0 Å². The van der Waals surface area contributed by atoms with Crippen LogP contribution in [0.3, 0.4) is 0 Å². The Morgan fingerprint density at radius 3 is 2.25 bits per heavy atom. The molecule has 2 heteroatoms. The van der Waals surface area contributed by atoms with E-state index >= 15 is 0 Å². The van der Waals surface area contributed by atoms with E-state index in [9.17, 15) is 0 Å². The fraction of sp³-hybridized carbons (Fsp3) is 1.00. The van der Waals surface area contributed by atoms with Crippen molar-refractivity contribution in [2.45, 2.75) is 76.9 Å². The predicted octanol–water partition coefficient (Wildman–Crippen LogP) is 2.78. The first-order chi connectivity index (χ1) is 7.61. The summed E-state index contributed by atoms with van der Waals surface area (Å²) in [5, 5.41) is 3.57. The Labute approximate surface area is 101 Å². The van der Waals surface area contributed by atoms with E-state index in [1.165, 1.54) is 45.1 Å². The molecule has 2 fully saturated rings. The van der Waals surface area contributed by atoms with Crippen LogP contribution in [-0.4, -0.2) is 35.6 Å². The Bertz CT molecular complexity index is 217. The zero-order valence-corrected chi connectivity index (χ0v) is 11.3. The van der Waals surface area contributed by atoms with Crippen molar-refractivity contribution in [2.24, 2.45) is 0 Å². The zero-order valence-electron chi connectivity index (χ0n) is 11.3. The van der Waals surface area contributed by atoms with Gasteiger partial charge in [0, 0.05) is 30.7 Å². The molecule has 2 rings (SSSR count). The van der Waals surface area contributed by atoms with E-state index < -0.39 is 0 Å². The van der Waals surface area contributed by atoms with Gasteiger partial charge >= 0.3 is 0 Å². The van der Waals surface area contributed by atoms with Crippen molar-refractivity contribution >= 4 is 0 Å². The monoisotopic (exact) mass is 224 g/mol. The van der Waals surface area contributed by atoms with Gasteiger partial charge in [0.25, 0.3) is 0 Å². The van der Waals surface area contributed by atoms with Gasteiger partial charge in [-0.15, -0.1) is 0 Å². The molecular formula is C14H28N2. The van der Waals surface area contributed by atoms with Crippen molar-refractivity contribution in [1.29, 1.82) is 0 Å². The maximum Gasteiger partial charge on any atom is 0.0283 e. The molecule has 1 saturated heterocycles. The van der Waals surface area contributed by atoms with Gasteiger partial charge in [0.1, 0.15) is 0 Å². The highest BCUT2D eigenvalue weighted by molar-refractivity contribution is 4.96. The van der Waals surface area contributed by atoms with Gasteiger partial charge in [0.2, 0.25) is 0 Å². The zero-order chi connectivity index (χ0) is 11.6. The Balaban J connectivity index is 2.08. The minimum absolute atomic E-state index is 0.340. The molecule has 2 aliphatic rings. The molecule has 94 valence electrons. The van der Waals surface area contributed by atoms with Crippen molar-refractivity contribution in [3.05, 3.63) is 0 Å². The number of hydrogen-bond donors (Lipinski definition) is 1. The first-order valence-electron chi connectivity index (χ1n) is 7.10. The molecule has 0 aromatic carbocycles. The number of nitrogens with zero attached hydrogens (tertiary/aromatic N) is 1. The summed E-state index contributed by atoms with van der Waals surface area (Å²) < 4.78 is 0. The lowest BCUT2D eigenvalue weighted by Crippen LogP contribution is -2.64. The molecule has 0 spiro atoms. The standard InChI is InChI=1S/C14H28N2/c1-12-10-15-11-14(2,3)16(12)13-8-6-4-5-7-9-13/h12-13,15H,4-11H2,1-3H3. The highest BCUT2D eigenvalue weighted by Crippen LogP contribution is 2.30. The first-order valence-corrected chi connectivity index (χ1v) is 7.10. The quantitative estimate of drug-likeness (QED) is 0.689. The van der Waals surface area contributed by atoms with Crippen molar-refractivity contribution in [1.82, 2.24) is 10.2 Å². The molecule has 1 saturated carbocycles. The van der Waals surface area contributed by atoms with E-state index in [-0.39, 0.29) is 0 Å². The van der Waals surface area contributed by atoms with Gasteiger partial charge in [0.15, 0.2) is 0 Å². The maximum atomic E-state index is 3.57. The van der Waals surface area contributed by atoms with Gasteiger partial charge in [-0.2, -0.15) is 0 Å². The molecule has 0 aromatic heterocycles. The Morgan fingerprint density at radius 1 is 1.06 bits per heavy atom. The van der Waals surface area contributed by atoms with Crippen molar-refractivity contribution in [3.63, 3.8) is 0 Å². The average molecular weight is 224 g/mol. The van der Waals surface area contributed by atoms with Crippen LogP contribution in [-0.2, 0) is 0 Å². The molecule has 1 atom stereocenters. The SMILES string of the molecule is CC1CNCC(C)(C)N1C1CCCCCC1. The summed E-state index contributed by atoms with van der Waals surface area (Å²) in [6.45, 7) is 9.51. The predicted molar refractivity (Wildman–Crippen MR) is 69.7 cm³/mol. The van der Waals surface area contributed by atoms with Gasteiger partial charge in [-0.1, -0.05) is 25.7 Å². The third kappa shape index (κ3) is 2.60. The smallest absolute Gasteiger partial charge is 0.0283 e. The summed E-state index contributed by atoms with van der Waals surface area (Å²) in [5.74, 6) is 0. The number of nitrogens with one attached hydrogen (secondary N) is 1. The van der Waals surface area contributed by atoms with E-state index in [0.717, 1.165) is 12.6 Å².